The highest BCUT2D eigenvalue weighted by atomic mass is 35.5. The molecular weight excluding hydrogens is 323 g/mol. The van der Waals surface area contributed by atoms with E-state index in [1.807, 2.05) is 6.92 Å². The Morgan fingerprint density at radius 1 is 1.32 bits per heavy atom. The van der Waals surface area contributed by atoms with Crippen molar-refractivity contribution in [3.63, 3.8) is 0 Å². The molecule has 3 rings (SSSR count). The van der Waals surface area contributed by atoms with E-state index >= 15 is 0 Å². The van der Waals surface area contributed by atoms with E-state index in [4.69, 9.17) is 17.3 Å². The molecule has 0 aliphatic rings. The van der Waals surface area contributed by atoms with E-state index in [0.717, 1.165) is 5.56 Å². The Morgan fingerprint density at radius 2 is 2.05 bits per heavy atom. The molecule has 0 atom stereocenters. The highest BCUT2D eigenvalue weighted by Crippen LogP contribution is 2.33. The van der Waals surface area contributed by atoms with Gasteiger partial charge in [-0.1, -0.05) is 17.7 Å². The first-order valence-corrected chi connectivity index (χ1v) is 6.57. The van der Waals surface area contributed by atoms with Crippen molar-refractivity contribution in [2.75, 3.05) is 5.73 Å². The van der Waals surface area contributed by atoms with Crippen LogP contribution in [0.4, 0.5) is 5.82 Å². The maximum Gasteiger partial charge on any atom is 0.129 e. The Labute approximate surface area is 138 Å². The Hall–Kier alpha value is -2.42. The molecule has 22 heavy (non-hydrogen) atoms. The predicted octanol–water partition coefficient (Wildman–Crippen LogP) is 3.57. The molecule has 0 spiro atoms. The van der Waals surface area contributed by atoms with Crippen LogP contribution >= 0.6 is 24.0 Å². The third-order valence-electron chi connectivity index (χ3n) is 3.36. The van der Waals surface area contributed by atoms with Crippen LogP contribution in [0.3, 0.4) is 0 Å². The van der Waals surface area contributed by atoms with Gasteiger partial charge >= 0.3 is 0 Å². The number of anilines is 1. The number of halogens is 2. The van der Waals surface area contributed by atoms with E-state index in [9.17, 15) is 10.4 Å². The fraction of sp³-hybridized carbons (Fsp3) is 0.0667. The predicted molar refractivity (Wildman–Crippen MR) is 88.9 cm³/mol. The van der Waals surface area contributed by atoms with Crippen LogP contribution in [0, 0.1) is 18.3 Å². The molecule has 0 fully saturated rings. The summed E-state index contributed by atoms with van der Waals surface area (Å²) >= 11 is 5.90. The Morgan fingerprint density at radius 3 is 2.73 bits per heavy atom. The van der Waals surface area contributed by atoms with Crippen molar-refractivity contribution in [2.24, 2.45) is 0 Å². The normalized spacial score (nSPS) is 10.2. The van der Waals surface area contributed by atoms with Gasteiger partial charge in [0.05, 0.1) is 11.2 Å². The summed E-state index contributed by atoms with van der Waals surface area (Å²) in [4.78, 5) is 4.19. The van der Waals surface area contributed by atoms with Crippen molar-refractivity contribution in [3.8, 4) is 17.5 Å². The fourth-order valence-corrected chi connectivity index (χ4v) is 2.51. The van der Waals surface area contributed by atoms with E-state index in [1.165, 1.54) is 0 Å². The Kier molecular flexibility index (Phi) is 4.18. The number of nitrogens with two attached hydrogens (primary N) is 1. The van der Waals surface area contributed by atoms with Gasteiger partial charge in [0.1, 0.15) is 33.9 Å². The van der Waals surface area contributed by atoms with E-state index in [2.05, 4.69) is 11.1 Å². The van der Waals surface area contributed by atoms with Gasteiger partial charge in [-0.05, 0) is 30.7 Å². The van der Waals surface area contributed by atoms with Crippen LogP contribution in [0.1, 0.15) is 11.1 Å². The number of aromatic nitrogens is 2. The van der Waals surface area contributed by atoms with Crippen LogP contribution in [0.2, 0.25) is 5.15 Å². The lowest BCUT2D eigenvalue weighted by Crippen LogP contribution is -2.02. The van der Waals surface area contributed by atoms with Crippen LogP contribution in [-0.2, 0) is 0 Å². The third-order valence-corrected chi connectivity index (χ3v) is 3.57. The topological polar surface area (TPSA) is 87.9 Å². The molecule has 1 aromatic carbocycles. The molecule has 5 nitrogen and oxygen atoms in total. The number of phenolic OH excluding ortho intramolecular Hbond substituents is 1. The molecule has 3 N–H and O–H groups in total. The molecule has 0 aliphatic heterocycles. The van der Waals surface area contributed by atoms with Gasteiger partial charge < -0.3 is 10.8 Å². The van der Waals surface area contributed by atoms with Crippen molar-refractivity contribution < 1.29 is 5.11 Å². The zero-order chi connectivity index (χ0) is 15.1. The van der Waals surface area contributed by atoms with Crippen molar-refractivity contribution in [3.05, 3.63) is 46.6 Å². The first kappa shape index (κ1) is 16.0. The largest absolute Gasteiger partial charge is 0.508 e. The van der Waals surface area contributed by atoms with Crippen LogP contribution in [0.5, 0.6) is 5.75 Å². The van der Waals surface area contributed by atoms with Crippen LogP contribution in [0.15, 0.2) is 30.3 Å². The van der Waals surface area contributed by atoms with Gasteiger partial charge in [0.2, 0.25) is 0 Å². The molecule has 2 heterocycles. The number of aromatic hydroxyl groups is 1. The minimum Gasteiger partial charge on any atom is -0.508 e. The van der Waals surface area contributed by atoms with Gasteiger partial charge in [-0.25, -0.2) is 4.98 Å². The highest BCUT2D eigenvalue weighted by Gasteiger charge is 2.18. The SMILES string of the molecule is Cc1ccc(O)cc1-n1c(N)c(C#N)c2nc(Cl)ccc21.Cl. The maximum absolute atomic E-state index is 9.71. The molecule has 3 aromatic rings. The van der Waals surface area contributed by atoms with Gasteiger partial charge in [0.15, 0.2) is 0 Å². The summed E-state index contributed by atoms with van der Waals surface area (Å²) in [6, 6.07) is 10.4. The first-order valence-electron chi connectivity index (χ1n) is 6.19. The van der Waals surface area contributed by atoms with Gasteiger partial charge in [0.25, 0.3) is 0 Å². The molecule has 0 saturated heterocycles. The molecule has 0 saturated carbocycles. The van der Waals surface area contributed by atoms with Crippen molar-refractivity contribution in [1.82, 2.24) is 9.55 Å². The van der Waals surface area contributed by atoms with E-state index in [1.54, 1.807) is 34.9 Å². The number of rotatable bonds is 1. The van der Waals surface area contributed by atoms with Crippen molar-refractivity contribution >= 4 is 40.9 Å². The van der Waals surface area contributed by atoms with Crippen LogP contribution in [-0.4, -0.2) is 14.7 Å². The minimum atomic E-state index is 0. The second kappa shape index (κ2) is 5.76. The number of nitriles is 1. The molecule has 0 aliphatic carbocycles. The number of nitrogens with zero attached hydrogens (tertiary/aromatic N) is 3. The van der Waals surface area contributed by atoms with E-state index < -0.39 is 0 Å². The lowest BCUT2D eigenvalue weighted by atomic mass is 10.2. The fourth-order valence-electron chi connectivity index (χ4n) is 2.36. The van der Waals surface area contributed by atoms with Crippen LogP contribution < -0.4 is 5.73 Å². The second-order valence-electron chi connectivity index (χ2n) is 4.68. The zero-order valence-electron chi connectivity index (χ0n) is 11.5. The lowest BCUT2D eigenvalue weighted by Gasteiger charge is -2.11. The first-order chi connectivity index (χ1) is 10.0. The quantitative estimate of drug-likeness (QED) is 0.666. The summed E-state index contributed by atoms with van der Waals surface area (Å²) in [5.74, 6) is 0.397. The smallest absolute Gasteiger partial charge is 0.129 e. The third kappa shape index (κ3) is 2.33. The molecule has 2 aromatic heterocycles. The summed E-state index contributed by atoms with van der Waals surface area (Å²) in [7, 11) is 0. The van der Waals surface area contributed by atoms with Crippen molar-refractivity contribution in [2.45, 2.75) is 6.92 Å². The number of hydrogen-bond acceptors (Lipinski definition) is 4. The summed E-state index contributed by atoms with van der Waals surface area (Å²) in [5, 5.41) is 19.3. The standard InChI is InChI=1S/C15H11ClN4O.ClH/c1-8-2-3-9(21)6-12(8)20-11-4-5-13(16)19-14(11)10(7-17)15(20)18;/h2-6,21H,18H2,1H3;1H. The number of hydrogen-bond donors (Lipinski definition) is 2. The number of phenols is 1. The highest BCUT2D eigenvalue weighted by molar-refractivity contribution is 6.29. The maximum atomic E-state index is 9.71. The molecule has 7 heteroatoms. The summed E-state index contributed by atoms with van der Waals surface area (Å²) < 4.78 is 1.70. The van der Waals surface area contributed by atoms with Gasteiger partial charge in [-0.2, -0.15) is 5.26 Å². The zero-order valence-corrected chi connectivity index (χ0v) is 13.1. The number of benzene rings is 1. The molecule has 0 unspecified atom stereocenters. The summed E-state index contributed by atoms with van der Waals surface area (Å²) in [6.07, 6.45) is 0. The number of nitrogen functional groups attached to an aromatic ring is 1. The summed E-state index contributed by atoms with van der Waals surface area (Å²) in [5.41, 5.74) is 9.10. The molecule has 0 bridgehead atoms. The molecule has 0 amide bonds. The number of aryl methyl sites for hydroxylation is 1. The molecular formula is C15H12Cl2N4O. The van der Waals surface area contributed by atoms with Gasteiger partial charge in [0, 0.05) is 6.07 Å². The number of fused-ring (bicyclic) bond motifs is 1. The average molecular weight is 335 g/mol. The average Bonchev–Trinajstić information content (AvgIpc) is 2.72. The lowest BCUT2D eigenvalue weighted by molar-refractivity contribution is 0.475. The van der Waals surface area contributed by atoms with Crippen LogP contribution in [0.25, 0.3) is 16.7 Å². The Balaban J connectivity index is 0.00000176. The van der Waals surface area contributed by atoms with E-state index in [-0.39, 0.29) is 29.5 Å². The number of pyridine rings is 1. The van der Waals surface area contributed by atoms with Gasteiger partial charge in [-0.15, -0.1) is 12.4 Å². The monoisotopic (exact) mass is 334 g/mol. The van der Waals surface area contributed by atoms with E-state index in [0.29, 0.717) is 21.9 Å². The molecule has 112 valence electrons. The second-order valence-corrected chi connectivity index (χ2v) is 5.07. The minimum absolute atomic E-state index is 0. The van der Waals surface area contributed by atoms with Gasteiger partial charge in [-0.3, -0.25) is 4.57 Å². The Bertz CT molecular complexity index is 912. The molecule has 0 radical (unpaired) electrons. The summed E-state index contributed by atoms with van der Waals surface area (Å²) in [6.45, 7) is 1.90. The van der Waals surface area contributed by atoms with Crippen molar-refractivity contribution in [1.29, 1.82) is 5.26 Å².